The van der Waals surface area contributed by atoms with Gasteiger partial charge in [-0.1, -0.05) is 12.1 Å². The molecule has 3 N–H and O–H groups in total. The van der Waals surface area contributed by atoms with Crippen LogP contribution in [0.4, 0.5) is 4.79 Å². The second-order valence-corrected chi connectivity index (χ2v) is 6.40. The predicted molar refractivity (Wildman–Crippen MR) is 84.6 cm³/mol. The fourth-order valence-electron chi connectivity index (χ4n) is 2.66. The molecule has 2 amide bonds. The van der Waals surface area contributed by atoms with Crippen LogP contribution < -0.4 is 10.6 Å². The lowest BCUT2D eigenvalue weighted by molar-refractivity contribution is -0.122. The van der Waals surface area contributed by atoms with Gasteiger partial charge in [0.25, 0.3) is 0 Å². The molecule has 0 saturated carbocycles. The predicted octanol–water partition coefficient (Wildman–Crippen LogP) is 1.64. The number of rotatable bonds is 5. The van der Waals surface area contributed by atoms with Crippen LogP contribution in [0.3, 0.4) is 0 Å². The molecule has 2 aromatic rings. The Morgan fingerprint density at radius 2 is 2.22 bits per heavy atom. The van der Waals surface area contributed by atoms with E-state index in [2.05, 4.69) is 15.6 Å². The van der Waals surface area contributed by atoms with Gasteiger partial charge < -0.3 is 15.7 Å². The minimum atomic E-state index is -1.29. The molecule has 1 aromatic carbocycles. The number of carboxylic acid groups (broad SMARTS) is 1. The minimum Gasteiger partial charge on any atom is -0.465 e. The first-order chi connectivity index (χ1) is 11.0. The quantitative estimate of drug-likeness (QED) is 0.721. The molecule has 7 nitrogen and oxygen atoms in total. The zero-order chi connectivity index (χ0) is 16.4. The smallest absolute Gasteiger partial charge is 0.405 e. The number of amides is 2. The SMILES string of the molecule is O=C(O)N[C@@H](C[C@@H]1CCNC1=O)C(=O)c1nc2ccccc2s1. The molecule has 0 radical (unpaired) electrons. The van der Waals surface area contributed by atoms with Gasteiger partial charge in [0.15, 0.2) is 5.01 Å². The van der Waals surface area contributed by atoms with Crippen molar-refractivity contribution in [3.8, 4) is 0 Å². The van der Waals surface area contributed by atoms with Crippen LogP contribution in [-0.2, 0) is 4.79 Å². The number of carbonyl (C=O) groups is 3. The summed E-state index contributed by atoms with van der Waals surface area (Å²) in [5, 5.41) is 14.1. The van der Waals surface area contributed by atoms with E-state index < -0.39 is 17.9 Å². The zero-order valence-corrected chi connectivity index (χ0v) is 12.9. The molecular weight excluding hydrogens is 318 g/mol. The second-order valence-electron chi connectivity index (χ2n) is 5.37. The van der Waals surface area contributed by atoms with Crippen molar-refractivity contribution in [3.05, 3.63) is 29.3 Å². The maximum Gasteiger partial charge on any atom is 0.405 e. The van der Waals surface area contributed by atoms with Gasteiger partial charge >= 0.3 is 6.09 Å². The summed E-state index contributed by atoms with van der Waals surface area (Å²) in [6.45, 7) is 0.554. The van der Waals surface area contributed by atoms with Gasteiger partial charge in [0.05, 0.1) is 16.3 Å². The summed E-state index contributed by atoms with van der Waals surface area (Å²) in [5.41, 5.74) is 0.702. The minimum absolute atomic E-state index is 0.140. The summed E-state index contributed by atoms with van der Waals surface area (Å²) in [6.07, 6.45) is -0.542. The first-order valence-electron chi connectivity index (χ1n) is 7.21. The topological polar surface area (TPSA) is 108 Å². The molecule has 8 heteroatoms. The lowest BCUT2D eigenvalue weighted by Gasteiger charge is -2.17. The molecule has 1 aromatic heterocycles. The van der Waals surface area contributed by atoms with Crippen molar-refractivity contribution in [2.45, 2.75) is 18.9 Å². The maximum absolute atomic E-state index is 12.6. The zero-order valence-electron chi connectivity index (χ0n) is 12.1. The average molecular weight is 333 g/mol. The van der Waals surface area contributed by atoms with Gasteiger partial charge in [0, 0.05) is 12.5 Å². The van der Waals surface area contributed by atoms with Crippen LogP contribution in [-0.4, -0.2) is 40.5 Å². The van der Waals surface area contributed by atoms with Crippen LogP contribution in [0.2, 0.25) is 0 Å². The normalized spacial score (nSPS) is 18.6. The van der Waals surface area contributed by atoms with E-state index in [4.69, 9.17) is 5.11 Å². The molecule has 0 aliphatic carbocycles. The van der Waals surface area contributed by atoms with Crippen LogP contribution >= 0.6 is 11.3 Å². The maximum atomic E-state index is 12.6. The molecule has 1 saturated heterocycles. The fraction of sp³-hybridized carbons (Fsp3) is 0.333. The van der Waals surface area contributed by atoms with Gasteiger partial charge in [-0.3, -0.25) is 9.59 Å². The van der Waals surface area contributed by atoms with Crippen molar-refractivity contribution in [1.82, 2.24) is 15.6 Å². The Balaban J connectivity index is 1.84. The highest BCUT2D eigenvalue weighted by molar-refractivity contribution is 7.20. The summed E-state index contributed by atoms with van der Waals surface area (Å²) in [5.74, 6) is -0.891. The number of carbonyl (C=O) groups excluding carboxylic acids is 2. The number of thiazole rings is 1. The number of ketones is 1. The Morgan fingerprint density at radius 1 is 1.43 bits per heavy atom. The van der Waals surface area contributed by atoms with Crippen LogP contribution in [0.15, 0.2) is 24.3 Å². The van der Waals surface area contributed by atoms with Crippen molar-refractivity contribution >= 4 is 39.3 Å². The van der Waals surface area contributed by atoms with Gasteiger partial charge in [-0.15, -0.1) is 11.3 Å². The monoisotopic (exact) mass is 333 g/mol. The fourth-order valence-corrected chi connectivity index (χ4v) is 3.62. The summed E-state index contributed by atoms with van der Waals surface area (Å²) in [7, 11) is 0. The van der Waals surface area contributed by atoms with E-state index in [0.717, 1.165) is 4.70 Å². The number of hydrogen-bond acceptors (Lipinski definition) is 5. The van der Waals surface area contributed by atoms with E-state index in [0.29, 0.717) is 18.5 Å². The molecule has 23 heavy (non-hydrogen) atoms. The lowest BCUT2D eigenvalue weighted by atomic mass is 9.96. The molecule has 3 rings (SSSR count). The van der Waals surface area contributed by atoms with E-state index in [-0.39, 0.29) is 23.3 Å². The molecular formula is C15H15N3O4S. The van der Waals surface area contributed by atoms with E-state index >= 15 is 0 Å². The third kappa shape index (κ3) is 3.31. The first kappa shape index (κ1) is 15.4. The van der Waals surface area contributed by atoms with Crippen molar-refractivity contribution < 1.29 is 19.5 Å². The highest BCUT2D eigenvalue weighted by Crippen LogP contribution is 2.25. The van der Waals surface area contributed by atoms with Gasteiger partial charge in [-0.25, -0.2) is 9.78 Å². The largest absolute Gasteiger partial charge is 0.465 e. The number of nitrogens with one attached hydrogen (secondary N) is 2. The Hall–Kier alpha value is -2.48. The lowest BCUT2D eigenvalue weighted by Crippen LogP contribution is -2.42. The summed E-state index contributed by atoms with van der Waals surface area (Å²) in [4.78, 5) is 39.6. The summed E-state index contributed by atoms with van der Waals surface area (Å²) in [6, 6.07) is 6.36. The number of benzene rings is 1. The molecule has 1 aliphatic rings. The van der Waals surface area contributed by atoms with Gasteiger partial charge in [0.2, 0.25) is 11.7 Å². The number of aromatic nitrogens is 1. The van der Waals surface area contributed by atoms with E-state index in [9.17, 15) is 14.4 Å². The highest BCUT2D eigenvalue weighted by atomic mass is 32.1. The van der Waals surface area contributed by atoms with Crippen LogP contribution in [0.1, 0.15) is 22.6 Å². The first-order valence-corrected chi connectivity index (χ1v) is 8.03. The Labute approximate surface area is 135 Å². The Bertz CT molecular complexity index is 740. The molecule has 0 bridgehead atoms. The van der Waals surface area contributed by atoms with Crippen LogP contribution in [0.25, 0.3) is 10.2 Å². The van der Waals surface area contributed by atoms with Gasteiger partial charge in [-0.2, -0.15) is 0 Å². The summed E-state index contributed by atoms with van der Waals surface area (Å²) < 4.78 is 0.864. The van der Waals surface area contributed by atoms with Crippen molar-refractivity contribution in [3.63, 3.8) is 0 Å². The third-order valence-electron chi connectivity index (χ3n) is 3.80. The number of para-hydroxylation sites is 1. The Kier molecular flexibility index (Phi) is 4.24. The molecule has 1 aliphatic heterocycles. The Morgan fingerprint density at radius 3 is 2.87 bits per heavy atom. The average Bonchev–Trinajstić information content (AvgIpc) is 3.12. The van der Waals surface area contributed by atoms with Crippen molar-refractivity contribution in [1.29, 1.82) is 0 Å². The third-order valence-corrected chi connectivity index (χ3v) is 4.85. The van der Waals surface area contributed by atoms with E-state index in [1.807, 2.05) is 18.2 Å². The molecule has 2 heterocycles. The molecule has 0 unspecified atom stereocenters. The molecule has 1 fully saturated rings. The standard InChI is InChI=1S/C15H15N3O4S/c19-12(14-17-9-3-1-2-4-11(9)23-14)10(18-15(21)22)7-8-5-6-16-13(8)20/h1-4,8,10,18H,5-7H2,(H,16,20)(H,21,22)/t8-,10-/m0/s1. The molecule has 2 atom stereocenters. The number of fused-ring (bicyclic) bond motifs is 1. The number of hydrogen-bond donors (Lipinski definition) is 3. The van der Waals surface area contributed by atoms with Crippen molar-refractivity contribution in [2.75, 3.05) is 6.54 Å². The van der Waals surface area contributed by atoms with Gasteiger partial charge in [-0.05, 0) is 25.0 Å². The molecule has 120 valence electrons. The second kappa shape index (κ2) is 6.33. The van der Waals surface area contributed by atoms with Gasteiger partial charge in [0.1, 0.15) is 0 Å². The highest BCUT2D eigenvalue weighted by Gasteiger charge is 2.32. The summed E-state index contributed by atoms with van der Waals surface area (Å²) >= 11 is 1.23. The molecule has 0 spiro atoms. The van der Waals surface area contributed by atoms with E-state index in [1.54, 1.807) is 6.07 Å². The van der Waals surface area contributed by atoms with Crippen LogP contribution in [0, 0.1) is 5.92 Å². The number of Topliss-reactive ketones (excluding diaryl/α,β-unsaturated/α-hetero) is 1. The number of nitrogens with zero attached hydrogens (tertiary/aromatic N) is 1. The van der Waals surface area contributed by atoms with Crippen LogP contribution in [0.5, 0.6) is 0 Å². The van der Waals surface area contributed by atoms with Crippen molar-refractivity contribution in [2.24, 2.45) is 5.92 Å². The van der Waals surface area contributed by atoms with E-state index in [1.165, 1.54) is 11.3 Å².